The van der Waals surface area contributed by atoms with Gasteiger partial charge < -0.3 is 20.0 Å². The van der Waals surface area contributed by atoms with Crippen molar-refractivity contribution in [1.29, 1.82) is 0 Å². The molecule has 6 nitrogen and oxygen atoms in total. The predicted octanol–water partition coefficient (Wildman–Crippen LogP) is 0.381. The number of likely N-dealkylation sites (N-methyl/N-ethyl adjacent to an activating group) is 1. The minimum atomic E-state index is 0.00870. The molecular formula is C21H35N4O2+. The Hall–Kier alpha value is -2.08. The van der Waals surface area contributed by atoms with Crippen LogP contribution in [0.25, 0.3) is 0 Å². The second-order valence-electron chi connectivity index (χ2n) is 7.77. The summed E-state index contributed by atoms with van der Waals surface area (Å²) in [6.45, 7) is 14.9. The van der Waals surface area contributed by atoms with Gasteiger partial charge in [-0.15, -0.1) is 0 Å². The molecule has 0 bridgehead atoms. The highest BCUT2D eigenvalue weighted by Crippen LogP contribution is 2.23. The molecule has 2 N–H and O–H groups in total. The molecule has 6 heteroatoms. The molecule has 1 atom stereocenters. The number of aryl methyl sites for hydroxylation is 1. The Morgan fingerprint density at radius 2 is 1.78 bits per heavy atom. The van der Waals surface area contributed by atoms with Crippen LogP contribution in [0.15, 0.2) is 18.2 Å². The largest absolute Gasteiger partial charge is 0.368 e. The molecule has 1 aliphatic rings. The maximum absolute atomic E-state index is 12.7. The van der Waals surface area contributed by atoms with Crippen LogP contribution < -0.4 is 15.1 Å². The van der Waals surface area contributed by atoms with Crippen LogP contribution in [0.1, 0.15) is 31.9 Å². The summed E-state index contributed by atoms with van der Waals surface area (Å²) in [5.41, 5.74) is 3.89. The number of nitrogens with zero attached hydrogens (tertiary/aromatic N) is 2. The van der Waals surface area contributed by atoms with Gasteiger partial charge in [0.1, 0.15) is 0 Å². The molecule has 2 rings (SSSR count). The third kappa shape index (κ3) is 5.96. The van der Waals surface area contributed by atoms with Crippen molar-refractivity contribution < 1.29 is 14.5 Å². The SMILES string of the molecule is CC[NH+](CC(=O)NC(C)C)CC(=O)N1CCN(c2cccc(C)c2C)CC1. The minimum Gasteiger partial charge on any atom is -0.368 e. The summed E-state index contributed by atoms with van der Waals surface area (Å²) in [4.78, 5) is 30.0. The fourth-order valence-electron chi connectivity index (χ4n) is 3.51. The van der Waals surface area contributed by atoms with Crippen molar-refractivity contribution in [2.24, 2.45) is 0 Å². The Morgan fingerprint density at radius 1 is 1.11 bits per heavy atom. The number of carbonyl (C=O) groups excluding carboxylic acids is 2. The van der Waals surface area contributed by atoms with Gasteiger partial charge in [-0.25, -0.2) is 0 Å². The van der Waals surface area contributed by atoms with Gasteiger partial charge in [0.15, 0.2) is 13.1 Å². The Balaban J connectivity index is 1.86. The van der Waals surface area contributed by atoms with Gasteiger partial charge in [-0.1, -0.05) is 12.1 Å². The molecule has 1 saturated heterocycles. The number of carbonyl (C=O) groups is 2. The predicted molar refractivity (Wildman–Crippen MR) is 109 cm³/mol. The Kier molecular flexibility index (Phi) is 7.66. The van der Waals surface area contributed by atoms with Crippen molar-refractivity contribution in [2.75, 3.05) is 50.7 Å². The van der Waals surface area contributed by atoms with Crippen LogP contribution in [0, 0.1) is 13.8 Å². The molecule has 1 aromatic rings. The standard InChI is InChI=1S/C21H34N4O2/c1-6-23(14-20(26)22-16(2)3)15-21(27)25-12-10-24(11-13-25)19-9-7-8-17(4)18(19)5/h7-9,16H,6,10-15H2,1-5H3,(H,22,26)/p+1. The molecule has 0 aromatic heterocycles. The summed E-state index contributed by atoms with van der Waals surface area (Å²) >= 11 is 0. The van der Waals surface area contributed by atoms with Crippen LogP contribution in [0.4, 0.5) is 5.69 Å². The van der Waals surface area contributed by atoms with Crippen LogP contribution in [0.5, 0.6) is 0 Å². The number of nitrogens with one attached hydrogen (secondary N) is 2. The first kappa shape index (κ1) is 21.2. The molecule has 1 aliphatic heterocycles. The lowest BCUT2D eigenvalue weighted by Gasteiger charge is -2.37. The number of piperazine rings is 1. The quantitative estimate of drug-likeness (QED) is 0.725. The highest BCUT2D eigenvalue weighted by Gasteiger charge is 2.25. The molecule has 27 heavy (non-hydrogen) atoms. The van der Waals surface area contributed by atoms with Crippen molar-refractivity contribution in [3.05, 3.63) is 29.3 Å². The van der Waals surface area contributed by atoms with E-state index in [4.69, 9.17) is 0 Å². The molecule has 1 heterocycles. The van der Waals surface area contributed by atoms with E-state index < -0.39 is 0 Å². The van der Waals surface area contributed by atoms with E-state index >= 15 is 0 Å². The van der Waals surface area contributed by atoms with Crippen molar-refractivity contribution >= 4 is 17.5 Å². The average Bonchev–Trinajstić information content (AvgIpc) is 2.63. The average molecular weight is 376 g/mol. The van der Waals surface area contributed by atoms with Gasteiger partial charge in [-0.2, -0.15) is 0 Å². The zero-order valence-electron chi connectivity index (χ0n) is 17.5. The van der Waals surface area contributed by atoms with Gasteiger partial charge >= 0.3 is 0 Å². The maximum Gasteiger partial charge on any atom is 0.277 e. The van der Waals surface area contributed by atoms with Crippen LogP contribution >= 0.6 is 0 Å². The van der Waals surface area contributed by atoms with Crippen molar-refractivity contribution in [2.45, 2.75) is 40.7 Å². The second kappa shape index (κ2) is 9.74. The topological polar surface area (TPSA) is 57.1 Å². The summed E-state index contributed by atoms with van der Waals surface area (Å²) in [6.07, 6.45) is 0. The van der Waals surface area contributed by atoms with Gasteiger partial charge in [0, 0.05) is 37.9 Å². The molecule has 0 saturated carbocycles. The van der Waals surface area contributed by atoms with E-state index in [-0.39, 0.29) is 17.9 Å². The van der Waals surface area contributed by atoms with Crippen LogP contribution in [-0.2, 0) is 9.59 Å². The number of amides is 2. The molecule has 1 unspecified atom stereocenters. The van der Waals surface area contributed by atoms with E-state index in [1.807, 2.05) is 25.7 Å². The van der Waals surface area contributed by atoms with E-state index in [1.165, 1.54) is 16.8 Å². The Labute approximate surface area is 163 Å². The second-order valence-corrected chi connectivity index (χ2v) is 7.77. The number of quaternary nitrogens is 1. The number of benzene rings is 1. The van der Waals surface area contributed by atoms with E-state index in [0.29, 0.717) is 13.1 Å². The molecule has 2 amide bonds. The third-order valence-electron chi connectivity index (χ3n) is 5.31. The molecule has 150 valence electrons. The normalized spacial score (nSPS) is 15.8. The molecular weight excluding hydrogens is 340 g/mol. The minimum absolute atomic E-state index is 0.00870. The van der Waals surface area contributed by atoms with E-state index in [9.17, 15) is 9.59 Å². The van der Waals surface area contributed by atoms with Crippen molar-refractivity contribution in [3.63, 3.8) is 0 Å². The molecule has 1 aromatic carbocycles. The summed E-state index contributed by atoms with van der Waals surface area (Å²) < 4.78 is 0. The van der Waals surface area contributed by atoms with Gasteiger partial charge in [-0.3, -0.25) is 9.59 Å². The maximum atomic E-state index is 12.7. The van der Waals surface area contributed by atoms with Crippen molar-refractivity contribution in [3.8, 4) is 0 Å². The van der Waals surface area contributed by atoms with Crippen LogP contribution in [0.2, 0.25) is 0 Å². The first-order valence-corrected chi connectivity index (χ1v) is 10.0. The lowest BCUT2D eigenvalue weighted by molar-refractivity contribution is -0.882. The first-order chi connectivity index (χ1) is 12.8. The molecule has 0 radical (unpaired) electrons. The monoisotopic (exact) mass is 375 g/mol. The van der Waals surface area contributed by atoms with Gasteiger partial charge in [-0.05, 0) is 51.8 Å². The van der Waals surface area contributed by atoms with Gasteiger partial charge in [0.05, 0.1) is 6.54 Å². The number of rotatable bonds is 7. The lowest BCUT2D eigenvalue weighted by Crippen LogP contribution is -3.14. The zero-order valence-corrected chi connectivity index (χ0v) is 17.5. The highest BCUT2D eigenvalue weighted by atomic mass is 16.2. The Bertz CT molecular complexity index is 652. The van der Waals surface area contributed by atoms with E-state index in [0.717, 1.165) is 37.6 Å². The van der Waals surface area contributed by atoms with Crippen molar-refractivity contribution in [1.82, 2.24) is 10.2 Å². The van der Waals surface area contributed by atoms with Gasteiger partial charge in [0.2, 0.25) is 0 Å². The van der Waals surface area contributed by atoms with Gasteiger partial charge in [0.25, 0.3) is 11.8 Å². The summed E-state index contributed by atoms with van der Waals surface area (Å²) in [5, 5.41) is 2.90. The van der Waals surface area contributed by atoms with Crippen LogP contribution in [-0.4, -0.2) is 68.6 Å². The molecule has 1 fully saturated rings. The Morgan fingerprint density at radius 3 is 2.37 bits per heavy atom. The van der Waals surface area contributed by atoms with E-state index in [1.54, 1.807) is 0 Å². The smallest absolute Gasteiger partial charge is 0.277 e. The van der Waals surface area contributed by atoms with Crippen LogP contribution in [0.3, 0.4) is 0 Å². The summed E-state index contributed by atoms with van der Waals surface area (Å²) in [5.74, 6) is 0.152. The first-order valence-electron chi connectivity index (χ1n) is 10.0. The number of hydrogen-bond donors (Lipinski definition) is 2. The fraction of sp³-hybridized carbons (Fsp3) is 0.619. The lowest BCUT2D eigenvalue weighted by atomic mass is 10.1. The highest BCUT2D eigenvalue weighted by molar-refractivity contribution is 5.79. The summed E-state index contributed by atoms with van der Waals surface area (Å²) in [7, 11) is 0. The zero-order chi connectivity index (χ0) is 20.0. The number of anilines is 1. The fourth-order valence-corrected chi connectivity index (χ4v) is 3.51. The molecule has 0 spiro atoms. The number of hydrogen-bond acceptors (Lipinski definition) is 3. The third-order valence-corrected chi connectivity index (χ3v) is 5.31. The summed E-state index contributed by atoms with van der Waals surface area (Å²) in [6, 6.07) is 6.52. The molecule has 0 aliphatic carbocycles. The van der Waals surface area contributed by atoms with E-state index in [2.05, 4.69) is 42.3 Å².